The molecule has 1 fully saturated rings. The van der Waals surface area contributed by atoms with Gasteiger partial charge in [-0.2, -0.15) is 0 Å². The number of nitrogens with zero attached hydrogens (tertiary/aromatic N) is 1. The van der Waals surface area contributed by atoms with Crippen LogP contribution in [0.3, 0.4) is 0 Å². The van der Waals surface area contributed by atoms with Crippen LogP contribution in [-0.4, -0.2) is 65.9 Å². The van der Waals surface area contributed by atoms with E-state index < -0.39 is 10.0 Å². The van der Waals surface area contributed by atoms with Crippen molar-refractivity contribution in [2.75, 3.05) is 51.3 Å². The van der Waals surface area contributed by atoms with Gasteiger partial charge in [-0.25, -0.2) is 8.42 Å². The zero-order valence-electron chi connectivity index (χ0n) is 16.4. The molecule has 1 amide bonds. The largest absolute Gasteiger partial charge is 0.496 e. The fourth-order valence-electron chi connectivity index (χ4n) is 3.28. The maximum Gasteiger partial charge on any atom is 0.261 e. The summed E-state index contributed by atoms with van der Waals surface area (Å²) in [5, 5.41) is 0. The first-order chi connectivity index (χ1) is 14.5. The van der Waals surface area contributed by atoms with Gasteiger partial charge in [-0.1, -0.05) is 0 Å². The van der Waals surface area contributed by atoms with E-state index in [9.17, 15) is 13.2 Å². The predicted molar refractivity (Wildman–Crippen MR) is 108 cm³/mol. The van der Waals surface area contributed by atoms with E-state index in [4.69, 9.17) is 18.9 Å². The minimum Gasteiger partial charge on any atom is -0.496 e. The predicted octanol–water partition coefficient (Wildman–Crippen LogP) is 1.74. The van der Waals surface area contributed by atoms with E-state index in [-0.39, 0.29) is 16.4 Å². The fraction of sp³-hybridized carbons (Fsp3) is 0.350. The highest BCUT2D eigenvalue weighted by Crippen LogP contribution is 2.33. The molecule has 10 heteroatoms. The van der Waals surface area contributed by atoms with Gasteiger partial charge in [0.15, 0.2) is 11.5 Å². The number of ether oxygens (including phenoxy) is 4. The van der Waals surface area contributed by atoms with Crippen LogP contribution in [0.25, 0.3) is 0 Å². The third-order valence-electron chi connectivity index (χ3n) is 4.80. The van der Waals surface area contributed by atoms with Crippen molar-refractivity contribution in [3.63, 3.8) is 0 Å². The first kappa shape index (κ1) is 20.3. The lowest BCUT2D eigenvalue weighted by atomic mass is 10.1. The number of hydrogen-bond donors (Lipinski definition) is 1. The monoisotopic (exact) mass is 434 g/mol. The SMILES string of the molecule is COc1ccc(S(=O)(=O)Nc2ccc3c(c2)OCCO3)cc1C(=O)N1CCOCC1. The summed E-state index contributed by atoms with van der Waals surface area (Å²) in [5.41, 5.74) is 0.514. The number of sulfonamides is 1. The smallest absolute Gasteiger partial charge is 0.261 e. The lowest BCUT2D eigenvalue weighted by molar-refractivity contribution is 0.0300. The highest BCUT2D eigenvalue weighted by Gasteiger charge is 2.25. The molecular weight excluding hydrogens is 412 g/mol. The number of amides is 1. The first-order valence-electron chi connectivity index (χ1n) is 9.45. The highest BCUT2D eigenvalue weighted by molar-refractivity contribution is 7.92. The van der Waals surface area contributed by atoms with Crippen molar-refractivity contribution < 1.29 is 32.2 Å². The summed E-state index contributed by atoms with van der Waals surface area (Å²) >= 11 is 0. The molecule has 0 aromatic heterocycles. The van der Waals surface area contributed by atoms with E-state index >= 15 is 0 Å². The van der Waals surface area contributed by atoms with Gasteiger partial charge >= 0.3 is 0 Å². The molecule has 2 aromatic carbocycles. The van der Waals surface area contributed by atoms with Gasteiger partial charge in [0, 0.05) is 19.2 Å². The van der Waals surface area contributed by atoms with E-state index in [2.05, 4.69) is 4.72 Å². The molecule has 1 saturated heterocycles. The Balaban J connectivity index is 1.61. The average Bonchev–Trinajstić information content (AvgIpc) is 2.78. The summed E-state index contributed by atoms with van der Waals surface area (Å²) in [6, 6.07) is 9.01. The molecule has 0 radical (unpaired) electrons. The van der Waals surface area contributed by atoms with Gasteiger partial charge in [-0.05, 0) is 30.3 Å². The molecule has 1 N–H and O–H groups in total. The molecule has 0 atom stereocenters. The molecule has 0 unspecified atom stereocenters. The quantitative estimate of drug-likeness (QED) is 0.765. The molecule has 30 heavy (non-hydrogen) atoms. The van der Waals surface area contributed by atoms with E-state index in [1.54, 1.807) is 23.1 Å². The van der Waals surface area contributed by atoms with E-state index in [0.717, 1.165) is 0 Å². The molecule has 2 aliphatic rings. The normalized spacial score (nSPS) is 16.1. The summed E-state index contributed by atoms with van der Waals surface area (Å²) < 4.78 is 49.9. The lowest BCUT2D eigenvalue weighted by Crippen LogP contribution is -2.40. The average molecular weight is 434 g/mol. The van der Waals surface area contributed by atoms with Crippen LogP contribution in [0, 0.1) is 0 Å². The number of methoxy groups -OCH3 is 1. The van der Waals surface area contributed by atoms with Crippen LogP contribution in [0.4, 0.5) is 5.69 Å². The van der Waals surface area contributed by atoms with E-state index in [1.807, 2.05) is 0 Å². The second-order valence-corrected chi connectivity index (χ2v) is 8.41. The Morgan fingerprint density at radius 3 is 2.47 bits per heavy atom. The van der Waals surface area contributed by atoms with Gasteiger partial charge in [-0.15, -0.1) is 0 Å². The molecule has 0 aliphatic carbocycles. The topological polar surface area (TPSA) is 103 Å². The maximum absolute atomic E-state index is 13.0. The van der Waals surface area contributed by atoms with Crippen molar-refractivity contribution in [2.45, 2.75) is 4.90 Å². The standard InChI is InChI=1S/C20H22N2O7S/c1-26-17-5-3-15(13-16(17)20(23)22-6-8-27-9-7-22)30(24,25)21-14-2-4-18-19(12-14)29-11-10-28-18/h2-5,12-13,21H,6-11H2,1H3. The van der Waals surface area contributed by atoms with Gasteiger partial charge in [0.05, 0.1) is 36.5 Å². The summed E-state index contributed by atoms with van der Waals surface area (Å²) in [6.07, 6.45) is 0. The minimum absolute atomic E-state index is 0.0465. The maximum atomic E-state index is 13.0. The van der Waals surface area contributed by atoms with Crippen molar-refractivity contribution in [1.29, 1.82) is 0 Å². The van der Waals surface area contributed by atoms with Crippen molar-refractivity contribution in [2.24, 2.45) is 0 Å². The third-order valence-corrected chi connectivity index (χ3v) is 6.18. The Labute approximate surface area is 174 Å². The zero-order valence-corrected chi connectivity index (χ0v) is 17.2. The van der Waals surface area contributed by atoms with Crippen LogP contribution in [0.15, 0.2) is 41.3 Å². The Morgan fingerprint density at radius 1 is 1.00 bits per heavy atom. The third kappa shape index (κ3) is 4.14. The number of carbonyl (C=O) groups is 1. The lowest BCUT2D eigenvalue weighted by Gasteiger charge is -2.27. The Kier molecular flexibility index (Phi) is 5.69. The van der Waals surface area contributed by atoms with Crippen LogP contribution in [0.2, 0.25) is 0 Å². The van der Waals surface area contributed by atoms with Crippen molar-refractivity contribution >= 4 is 21.6 Å². The van der Waals surface area contributed by atoms with Crippen LogP contribution >= 0.6 is 0 Å². The van der Waals surface area contributed by atoms with Crippen LogP contribution < -0.4 is 18.9 Å². The van der Waals surface area contributed by atoms with Gasteiger partial charge in [0.1, 0.15) is 19.0 Å². The van der Waals surface area contributed by atoms with Crippen LogP contribution in [-0.2, 0) is 14.8 Å². The Bertz CT molecular complexity index is 1050. The molecule has 2 aromatic rings. The van der Waals surface area contributed by atoms with E-state index in [1.165, 1.54) is 25.3 Å². The minimum atomic E-state index is -3.95. The van der Waals surface area contributed by atoms with E-state index in [0.29, 0.717) is 62.5 Å². The fourth-order valence-corrected chi connectivity index (χ4v) is 4.35. The summed E-state index contributed by atoms with van der Waals surface area (Å²) in [6.45, 7) is 2.61. The summed E-state index contributed by atoms with van der Waals surface area (Å²) in [4.78, 5) is 14.5. The first-order valence-corrected chi connectivity index (χ1v) is 10.9. The molecule has 9 nitrogen and oxygen atoms in total. The molecule has 2 heterocycles. The van der Waals surface area contributed by atoms with Crippen LogP contribution in [0.5, 0.6) is 17.2 Å². The molecule has 0 saturated carbocycles. The number of hydrogen-bond acceptors (Lipinski definition) is 7. The second kappa shape index (κ2) is 8.41. The van der Waals surface area contributed by atoms with Gasteiger partial charge in [-0.3, -0.25) is 9.52 Å². The number of fused-ring (bicyclic) bond motifs is 1. The van der Waals surface area contributed by atoms with Crippen molar-refractivity contribution in [3.05, 3.63) is 42.0 Å². The number of morpholine rings is 1. The molecule has 160 valence electrons. The second-order valence-electron chi connectivity index (χ2n) is 6.73. The number of carbonyl (C=O) groups excluding carboxylic acids is 1. The molecule has 0 bridgehead atoms. The zero-order chi connectivity index (χ0) is 21.1. The number of anilines is 1. The molecular formula is C20H22N2O7S. The summed E-state index contributed by atoms with van der Waals surface area (Å²) in [7, 11) is -2.51. The van der Waals surface area contributed by atoms with Crippen molar-refractivity contribution in [3.8, 4) is 17.2 Å². The Morgan fingerprint density at radius 2 is 1.73 bits per heavy atom. The van der Waals surface area contributed by atoms with Gasteiger partial charge in [0.2, 0.25) is 0 Å². The number of benzene rings is 2. The molecule has 2 aliphatic heterocycles. The summed E-state index contributed by atoms with van der Waals surface area (Å²) in [5.74, 6) is 1.04. The van der Waals surface area contributed by atoms with Crippen molar-refractivity contribution in [1.82, 2.24) is 4.90 Å². The van der Waals surface area contributed by atoms with Crippen LogP contribution in [0.1, 0.15) is 10.4 Å². The van der Waals surface area contributed by atoms with Gasteiger partial charge < -0.3 is 23.8 Å². The molecule has 0 spiro atoms. The number of nitrogens with one attached hydrogen (secondary N) is 1. The number of rotatable bonds is 5. The highest BCUT2D eigenvalue weighted by atomic mass is 32.2. The Hall–Kier alpha value is -2.98. The van der Waals surface area contributed by atoms with Gasteiger partial charge in [0.25, 0.3) is 15.9 Å². The molecule has 4 rings (SSSR count).